The first-order valence-electron chi connectivity index (χ1n) is 10.1. The Labute approximate surface area is 203 Å². The fourth-order valence-corrected chi connectivity index (χ4v) is 4.09. The number of nitrogens with zero attached hydrogens (tertiary/aromatic N) is 3. The first kappa shape index (κ1) is 23.8. The first-order chi connectivity index (χ1) is 16.2. The number of nitrogens with one attached hydrogen (secondary N) is 1. The summed E-state index contributed by atoms with van der Waals surface area (Å²) in [5.74, 6) is -0.0232. The van der Waals surface area contributed by atoms with E-state index in [0.29, 0.717) is 11.0 Å². The predicted octanol–water partition coefficient (Wildman–Crippen LogP) is 6.65. The number of carbonyl (C=O) groups is 1. The molecule has 0 unspecified atom stereocenters. The van der Waals surface area contributed by atoms with E-state index in [-0.39, 0.29) is 16.5 Å². The van der Waals surface area contributed by atoms with Crippen LogP contribution in [0.4, 0.5) is 18.9 Å². The second kappa shape index (κ2) is 9.90. The molecule has 0 aliphatic carbocycles. The van der Waals surface area contributed by atoms with E-state index in [0.717, 1.165) is 46.8 Å². The third kappa shape index (κ3) is 5.43. The van der Waals surface area contributed by atoms with Crippen LogP contribution in [0.2, 0.25) is 5.02 Å². The Morgan fingerprint density at radius 2 is 1.74 bits per heavy atom. The van der Waals surface area contributed by atoms with Crippen molar-refractivity contribution in [3.8, 4) is 17.1 Å². The Morgan fingerprint density at radius 3 is 2.41 bits per heavy atom. The maximum atomic E-state index is 13.0. The Kier molecular flexibility index (Phi) is 6.95. The summed E-state index contributed by atoms with van der Waals surface area (Å²) >= 11 is 7.10. The van der Waals surface area contributed by atoms with E-state index in [1.807, 2.05) is 66.1 Å². The second-order valence-corrected chi connectivity index (χ2v) is 8.72. The van der Waals surface area contributed by atoms with Gasteiger partial charge in [0.15, 0.2) is 11.0 Å². The van der Waals surface area contributed by atoms with E-state index < -0.39 is 17.6 Å². The summed E-state index contributed by atoms with van der Waals surface area (Å²) in [6, 6.07) is 20.1. The highest BCUT2D eigenvalue weighted by atomic mass is 35.5. The van der Waals surface area contributed by atoms with Crippen molar-refractivity contribution < 1.29 is 18.0 Å². The average molecular weight is 503 g/mol. The number of carbonyl (C=O) groups excluding carboxylic acids is 1. The number of rotatable bonds is 6. The molecule has 0 spiro atoms. The van der Waals surface area contributed by atoms with Gasteiger partial charge in [-0.1, -0.05) is 71.4 Å². The average Bonchev–Trinajstić information content (AvgIpc) is 3.23. The van der Waals surface area contributed by atoms with Crippen LogP contribution in [0, 0.1) is 6.92 Å². The lowest BCUT2D eigenvalue weighted by Gasteiger charge is -2.12. The van der Waals surface area contributed by atoms with Gasteiger partial charge in [0.05, 0.1) is 22.0 Å². The van der Waals surface area contributed by atoms with Crippen LogP contribution in [0.25, 0.3) is 17.1 Å². The molecule has 0 aliphatic rings. The Hall–Kier alpha value is -3.30. The van der Waals surface area contributed by atoms with Gasteiger partial charge in [0.2, 0.25) is 5.91 Å². The number of alkyl halides is 3. The molecule has 4 aromatic rings. The van der Waals surface area contributed by atoms with Gasteiger partial charge in [-0.05, 0) is 37.3 Å². The van der Waals surface area contributed by atoms with Crippen molar-refractivity contribution in [2.75, 3.05) is 11.1 Å². The van der Waals surface area contributed by atoms with Crippen LogP contribution >= 0.6 is 23.4 Å². The summed E-state index contributed by atoms with van der Waals surface area (Å²) in [6.45, 7) is 1.98. The number of aryl methyl sites for hydroxylation is 1. The minimum absolute atomic E-state index is 0.0144. The zero-order valence-corrected chi connectivity index (χ0v) is 19.4. The fraction of sp³-hybridized carbons (Fsp3) is 0.125. The highest BCUT2D eigenvalue weighted by Crippen LogP contribution is 2.34. The molecule has 3 aromatic carbocycles. The lowest BCUT2D eigenvalue weighted by molar-refractivity contribution is -0.137. The number of anilines is 1. The molecule has 0 saturated heterocycles. The van der Waals surface area contributed by atoms with Crippen molar-refractivity contribution in [3.05, 3.63) is 88.9 Å². The van der Waals surface area contributed by atoms with Crippen molar-refractivity contribution in [2.24, 2.45) is 0 Å². The van der Waals surface area contributed by atoms with E-state index in [1.165, 1.54) is 0 Å². The molecule has 174 valence electrons. The van der Waals surface area contributed by atoms with Gasteiger partial charge in [-0.15, -0.1) is 10.2 Å². The molecule has 0 aliphatic heterocycles. The standard InChI is InChI=1S/C24H18ClF3N4OS/c1-15-7-10-18(11-8-15)32-22(16-5-3-2-4-6-16)30-31-23(32)34-14-21(33)29-20-13-17(24(26,27)28)9-12-19(20)25/h2-13H,14H2,1H3,(H,29,33). The van der Waals surface area contributed by atoms with Crippen molar-refractivity contribution in [1.82, 2.24) is 14.8 Å². The Balaban J connectivity index is 1.57. The molecule has 1 aromatic heterocycles. The third-order valence-corrected chi connectivity index (χ3v) is 6.12. The SMILES string of the molecule is Cc1ccc(-n2c(SCC(=O)Nc3cc(C(F)(F)F)ccc3Cl)nnc2-c2ccccc2)cc1. The van der Waals surface area contributed by atoms with E-state index in [2.05, 4.69) is 15.5 Å². The van der Waals surface area contributed by atoms with Gasteiger partial charge in [0, 0.05) is 11.3 Å². The van der Waals surface area contributed by atoms with Crippen LogP contribution in [0.15, 0.2) is 78.0 Å². The maximum absolute atomic E-state index is 13.0. The molecule has 0 radical (unpaired) electrons. The molecular weight excluding hydrogens is 485 g/mol. The summed E-state index contributed by atoms with van der Waals surface area (Å²) in [5, 5.41) is 11.5. The number of hydrogen-bond donors (Lipinski definition) is 1. The molecule has 0 bridgehead atoms. The minimum Gasteiger partial charge on any atom is -0.324 e. The quantitative estimate of drug-likeness (QED) is 0.300. The summed E-state index contributed by atoms with van der Waals surface area (Å²) in [6.07, 6.45) is -4.54. The topological polar surface area (TPSA) is 59.8 Å². The first-order valence-corrected chi connectivity index (χ1v) is 11.5. The van der Waals surface area contributed by atoms with Gasteiger partial charge in [-0.25, -0.2) is 0 Å². The van der Waals surface area contributed by atoms with Crippen molar-refractivity contribution in [2.45, 2.75) is 18.3 Å². The van der Waals surface area contributed by atoms with Crippen molar-refractivity contribution in [3.63, 3.8) is 0 Å². The zero-order valence-electron chi connectivity index (χ0n) is 17.8. The van der Waals surface area contributed by atoms with E-state index in [9.17, 15) is 18.0 Å². The summed E-state index contributed by atoms with van der Waals surface area (Å²) in [5.41, 5.74) is 1.75. The van der Waals surface area contributed by atoms with E-state index >= 15 is 0 Å². The zero-order chi connectivity index (χ0) is 24.3. The van der Waals surface area contributed by atoms with E-state index in [1.54, 1.807) is 0 Å². The van der Waals surface area contributed by atoms with Crippen LogP contribution in [0.5, 0.6) is 0 Å². The molecule has 4 rings (SSSR count). The molecule has 34 heavy (non-hydrogen) atoms. The number of hydrogen-bond acceptors (Lipinski definition) is 4. The molecule has 0 saturated carbocycles. The highest BCUT2D eigenvalue weighted by Gasteiger charge is 2.31. The van der Waals surface area contributed by atoms with Crippen LogP contribution in [-0.2, 0) is 11.0 Å². The van der Waals surface area contributed by atoms with Crippen LogP contribution in [-0.4, -0.2) is 26.4 Å². The van der Waals surface area contributed by atoms with Crippen molar-refractivity contribution >= 4 is 35.0 Å². The maximum Gasteiger partial charge on any atom is 0.416 e. The number of thioether (sulfide) groups is 1. The minimum atomic E-state index is -4.54. The van der Waals surface area contributed by atoms with E-state index in [4.69, 9.17) is 11.6 Å². The largest absolute Gasteiger partial charge is 0.416 e. The molecule has 1 heterocycles. The second-order valence-electron chi connectivity index (χ2n) is 7.37. The number of halogens is 4. The Bertz CT molecular complexity index is 1310. The number of amides is 1. The predicted molar refractivity (Wildman–Crippen MR) is 127 cm³/mol. The normalized spacial score (nSPS) is 11.4. The molecule has 10 heteroatoms. The molecular formula is C24H18ClF3N4OS. The van der Waals surface area contributed by atoms with Gasteiger partial charge in [0.1, 0.15) is 0 Å². The smallest absolute Gasteiger partial charge is 0.324 e. The molecule has 1 amide bonds. The molecule has 0 atom stereocenters. The summed E-state index contributed by atoms with van der Waals surface area (Å²) in [7, 11) is 0. The third-order valence-electron chi connectivity index (χ3n) is 4.86. The van der Waals surface area contributed by atoms with Gasteiger partial charge in [0.25, 0.3) is 0 Å². The fourth-order valence-electron chi connectivity index (χ4n) is 3.18. The monoisotopic (exact) mass is 502 g/mol. The highest BCUT2D eigenvalue weighted by molar-refractivity contribution is 7.99. The van der Waals surface area contributed by atoms with Gasteiger partial charge in [-0.2, -0.15) is 13.2 Å². The Morgan fingerprint density at radius 1 is 1.03 bits per heavy atom. The van der Waals surface area contributed by atoms with Crippen LogP contribution in [0.3, 0.4) is 0 Å². The lowest BCUT2D eigenvalue weighted by Crippen LogP contribution is -2.16. The van der Waals surface area contributed by atoms with Gasteiger partial charge in [-0.3, -0.25) is 9.36 Å². The summed E-state index contributed by atoms with van der Waals surface area (Å²) < 4.78 is 40.8. The van der Waals surface area contributed by atoms with Crippen molar-refractivity contribution in [1.29, 1.82) is 0 Å². The van der Waals surface area contributed by atoms with Crippen LogP contribution < -0.4 is 5.32 Å². The van der Waals surface area contributed by atoms with Crippen LogP contribution in [0.1, 0.15) is 11.1 Å². The molecule has 1 N–H and O–H groups in total. The molecule has 5 nitrogen and oxygen atoms in total. The van der Waals surface area contributed by atoms with Gasteiger partial charge < -0.3 is 5.32 Å². The molecule has 0 fully saturated rings. The van der Waals surface area contributed by atoms with Gasteiger partial charge >= 0.3 is 6.18 Å². The summed E-state index contributed by atoms with van der Waals surface area (Å²) in [4.78, 5) is 12.5. The number of aromatic nitrogens is 3. The number of benzene rings is 3. The lowest BCUT2D eigenvalue weighted by atomic mass is 10.2.